The first-order chi connectivity index (χ1) is 18.8. The van der Waals surface area contributed by atoms with E-state index in [0.717, 1.165) is 5.56 Å². The number of hydrogen-bond acceptors (Lipinski definition) is 6. The van der Waals surface area contributed by atoms with E-state index >= 15 is 0 Å². The first-order valence-electron chi connectivity index (χ1n) is 12.9. The molecular weight excluding hydrogens is 529 g/mol. The lowest BCUT2D eigenvalue weighted by Gasteiger charge is -2.27. The van der Waals surface area contributed by atoms with Crippen molar-refractivity contribution in [3.8, 4) is 0 Å². The number of ether oxygens (including phenoxy) is 1. The van der Waals surface area contributed by atoms with Crippen LogP contribution in [0.1, 0.15) is 45.2 Å². The third kappa shape index (κ3) is 10.7. The van der Waals surface area contributed by atoms with Crippen LogP contribution in [-0.4, -0.2) is 53.0 Å². The predicted molar refractivity (Wildman–Crippen MR) is 141 cm³/mol. The third-order valence-corrected chi connectivity index (χ3v) is 5.85. The molecule has 2 rings (SSSR count). The van der Waals surface area contributed by atoms with Gasteiger partial charge in [-0.15, -0.1) is 0 Å². The van der Waals surface area contributed by atoms with E-state index in [9.17, 15) is 32.3 Å². The molecule has 0 aliphatic carbocycles. The molecule has 3 N–H and O–H groups in total. The zero-order valence-corrected chi connectivity index (χ0v) is 22.8. The van der Waals surface area contributed by atoms with Crippen molar-refractivity contribution in [3.63, 3.8) is 0 Å². The lowest BCUT2D eigenvalue weighted by Crippen LogP contribution is -2.58. The first-order valence-corrected chi connectivity index (χ1v) is 12.9. The molecule has 0 aliphatic rings. The minimum atomic E-state index is -5.14. The van der Waals surface area contributed by atoms with Gasteiger partial charge in [0.15, 0.2) is 0 Å². The summed E-state index contributed by atoms with van der Waals surface area (Å²) < 4.78 is 44.6. The average Bonchev–Trinajstić information content (AvgIpc) is 2.89. The Morgan fingerprint density at radius 2 is 1.48 bits per heavy atom. The molecular formula is C28H35F3N4O5. The van der Waals surface area contributed by atoms with Crippen LogP contribution in [0, 0.1) is 11.8 Å². The maximum atomic E-state index is 13.3. The smallest absolute Gasteiger partial charge is 0.445 e. The second kappa shape index (κ2) is 15.0. The number of halogens is 3. The van der Waals surface area contributed by atoms with Gasteiger partial charge in [0, 0.05) is 18.8 Å². The Bertz CT molecular complexity index is 1130. The summed E-state index contributed by atoms with van der Waals surface area (Å²) in [5, 5.41) is 7.19. The van der Waals surface area contributed by atoms with Crippen LogP contribution in [-0.2, 0) is 32.1 Å². The minimum absolute atomic E-state index is 0.00267. The van der Waals surface area contributed by atoms with E-state index in [4.69, 9.17) is 4.74 Å². The van der Waals surface area contributed by atoms with Gasteiger partial charge < -0.3 is 20.7 Å². The topological polar surface area (TPSA) is 126 Å². The van der Waals surface area contributed by atoms with Crippen molar-refractivity contribution >= 4 is 23.7 Å². The van der Waals surface area contributed by atoms with Gasteiger partial charge in [-0.25, -0.2) is 4.79 Å². The Morgan fingerprint density at radius 3 is 2.02 bits per heavy atom. The fourth-order valence-electron chi connectivity index (χ4n) is 3.81. The Labute approximate surface area is 231 Å². The minimum Gasteiger partial charge on any atom is -0.445 e. The van der Waals surface area contributed by atoms with Crippen LogP contribution in [0.2, 0.25) is 0 Å². The van der Waals surface area contributed by atoms with E-state index in [1.165, 1.54) is 26.2 Å². The van der Waals surface area contributed by atoms with Gasteiger partial charge in [-0.3, -0.25) is 19.4 Å². The number of pyridine rings is 1. The molecule has 9 nitrogen and oxygen atoms in total. The van der Waals surface area contributed by atoms with Gasteiger partial charge in [0.2, 0.25) is 11.8 Å². The zero-order valence-electron chi connectivity index (χ0n) is 22.8. The molecule has 0 aliphatic heterocycles. The number of nitrogens with one attached hydrogen (secondary N) is 3. The standard InChI is InChI=1S/C28H35F3N4O5/c1-17(2)13-21(26(38)35-23(18(3)4)24(36)28(29,30)31)33-25(37)22(14-20-11-8-12-32-15-20)34-27(39)40-16-19-9-6-5-7-10-19/h5-12,15,17-18,21-23H,13-14,16H2,1-4H3,(H,33,37)(H,34,39)(H,35,38)/t21-,22-,23-/m0/s1. The molecule has 40 heavy (non-hydrogen) atoms. The molecule has 1 aromatic carbocycles. The van der Waals surface area contributed by atoms with E-state index in [1.807, 2.05) is 6.07 Å². The number of benzene rings is 1. The molecule has 0 spiro atoms. The largest absolute Gasteiger partial charge is 0.452 e. The number of ketones is 1. The average molecular weight is 565 g/mol. The number of rotatable bonds is 13. The number of nitrogens with zero attached hydrogens (tertiary/aromatic N) is 1. The maximum absolute atomic E-state index is 13.3. The SMILES string of the molecule is CC(C)C[C@H](NC(=O)[C@H](Cc1cccnc1)NC(=O)OCc1ccccc1)C(=O)N[C@H](C(=O)C(F)(F)F)C(C)C. The molecule has 0 saturated carbocycles. The molecule has 3 amide bonds. The van der Waals surface area contributed by atoms with Crippen molar-refractivity contribution < 1.29 is 37.1 Å². The van der Waals surface area contributed by atoms with Gasteiger partial charge in [0.1, 0.15) is 18.7 Å². The van der Waals surface area contributed by atoms with E-state index in [0.29, 0.717) is 5.56 Å². The molecule has 1 aromatic heterocycles. The van der Waals surface area contributed by atoms with Gasteiger partial charge in [-0.2, -0.15) is 13.2 Å². The number of amides is 3. The quantitative estimate of drug-likeness (QED) is 0.341. The van der Waals surface area contributed by atoms with E-state index < -0.39 is 53.9 Å². The maximum Gasteiger partial charge on any atom is 0.452 e. The van der Waals surface area contributed by atoms with Gasteiger partial charge in [-0.1, -0.05) is 64.1 Å². The Morgan fingerprint density at radius 1 is 0.850 bits per heavy atom. The van der Waals surface area contributed by atoms with E-state index in [-0.39, 0.29) is 25.4 Å². The van der Waals surface area contributed by atoms with Crippen LogP contribution >= 0.6 is 0 Å². The number of alkyl halides is 3. The highest BCUT2D eigenvalue weighted by molar-refractivity contribution is 5.96. The summed E-state index contributed by atoms with van der Waals surface area (Å²) in [5.74, 6) is -4.78. The summed E-state index contributed by atoms with van der Waals surface area (Å²) in [6, 6.07) is 7.94. The lowest BCUT2D eigenvalue weighted by atomic mass is 9.97. The van der Waals surface area contributed by atoms with Gasteiger partial charge in [-0.05, 0) is 35.4 Å². The van der Waals surface area contributed by atoms with E-state index in [2.05, 4.69) is 20.9 Å². The highest BCUT2D eigenvalue weighted by Gasteiger charge is 2.45. The van der Waals surface area contributed by atoms with Crippen molar-refractivity contribution in [2.75, 3.05) is 0 Å². The second-order valence-corrected chi connectivity index (χ2v) is 10.1. The van der Waals surface area contributed by atoms with Crippen molar-refractivity contribution in [3.05, 3.63) is 66.0 Å². The second-order valence-electron chi connectivity index (χ2n) is 10.1. The number of carbonyl (C=O) groups excluding carboxylic acids is 4. The van der Waals surface area contributed by atoms with Crippen molar-refractivity contribution in [2.24, 2.45) is 11.8 Å². The van der Waals surface area contributed by atoms with Crippen LogP contribution in [0.3, 0.4) is 0 Å². The third-order valence-electron chi connectivity index (χ3n) is 5.85. The van der Waals surface area contributed by atoms with Gasteiger partial charge >= 0.3 is 12.3 Å². The van der Waals surface area contributed by atoms with Crippen LogP contribution in [0.5, 0.6) is 0 Å². The number of alkyl carbamates (subject to hydrolysis) is 1. The number of Topliss-reactive ketones (excluding diaryl/α,β-unsaturated/α-hetero) is 1. The van der Waals surface area contributed by atoms with Crippen molar-refractivity contribution in [2.45, 2.75) is 71.4 Å². The Balaban J connectivity index is 2.20. The molecule has 218 valence electrons. The summed E-state index contributed by atoms with van der Waals surface area (Å²) in [6.07, 6.45) is -2.91. The molecule has 0 unspecified atom stereocenters. The fraction of sp³-hybridized carbons (Fsp3) is 0.464. The van der Waals surface area contributed by atoms with Crippen LogP contribution in [0.4, 0.5) is 18.0 Å². The van der Waals surface area contributed by atoms with Crippen LogP contribution in [0.15, 0.2) is 54.9 Å². The lowest BCUT2D eigenvalue weighted by molar-refractivity contribution is -0.175. The highest BCUT2D eigenvalue weighted by atomic mass is 19.4. The fourth-order valence-corrected chi connectivity index (χ4v) is 3.81. The molecule has 0 radical (unpaired) electrons. The summed E-state index contributed by atoms with van der Waals surface area (Å²) >= 11 is 0. The summed E-state index contributed by atoms with van der Waals surface area (Å²) in [6.45, 7) is 6.23. The van der Waals surface area contributed by atoms with E-state index in [1.54, 1.807) is 50.2 Å². The number of hydrogen-bond donors (Lipinski definition) is 3. The Kier molecular flexibility index (Phi) is 12.1. The number of carbonyl (C=O) groups is 4. The monoisotopic (exact) mass is 564 g/mol. The molecule has 0 fully saturated rings. The first kappa shape index (κ1) is 32.3. The van der Waals surface area contributed by atoms with Gasteiger partial charge in [0.25, 0.3) is 5.78 Å². The van der Waals surface area contributed by atoms with Crippen molar-refractivity contribution in [1.82, 2.24) is 20.9 Å². The van der Waals surface area contributed by atoms with Gasteiger partial charge in [0.05, 0.1) is 6.04 Å². The Hall–Kier alpha value is -3.96. The highest BCUT2D eigenvalue weighted by Crippen LogP contribution is 2.21. The number of aromatic nitrogens is 1. The normalized spacial score (nSPS) is 13.7. The predicted octanol–water partition coefficient (Wildman–Crippen LogP) is 3.72. The molecule has 0 saturated heterocycles. The molecule has 12 heteroatoms. The molecule has 2 aromatic rings. The van der Waals surface area contributed by atoms with Crippen LogP contribution in [0.25, 0.3) is 0 Å². The molecule has 3 atom stereocenters. The summed E-state index contributed by atoms with van der Waals surface area (Å²) in [4.78, 5) is 54.9. The molecule has 1 heterocycles. The summed E-state index contributed by atoms with van der Waals surface area (Å²) in [5.41, 5.74) is 1.33. The van der Waals surface area contributed by atoms with Crippen LogP contribution < -0.4 is 16.0 Å². The molecule has 0 bridgehead atoms. The zero-order chi connectivity index (χ0) is 29.9. The van der Waals surface area contributed by atoms with Crippen molar-refractivity contribution in [1.29, 1.82) is 0 Å². The summed E-state index contributed by atoms with van der Waals surface area (Å²) in [7, 11) is 0.